The summed E-state index contributed by atoms with van der Waals surface area (Å²) < 4.78 is 52.4. The average Bonchev–Trinajstić information content (AvgIpc) is 3.63. The van der Waals surface area contributed by atoms with Crippen molar-refractivity contribution in [1.82, 2.24) is 4.90 Å². The van der Waals surface area contributed by atoms with Gasteiger partial charge < -0.3 is 19.4 Å². The summed E-state index contributed by atoms with van der Waals surface area (Å²) in [6, 6.07) is 6.10. The number of Topliss-reactive ketones (excluding diaryl/α,β-unsaturated/α-hetero) is 1. The number of nitrogens with zero attached hydrogens (tertiary/aromatic N) is 1. The molecular weight excluding hydrogens is 643 g/mol. The Morgan fingerprint density at radius 1 is 1.00 bits per heavy atom. The van der Waals surface area contributed by atoms with Crippen LogP contribution >= 0.6 is 11.6 Å². The van der Waals surface area contributed by atoms with E-state index in [4.69, 9.17) is 20.8 Å². The number of carbonyl (C=O) groups excluding carboxylic acids is 1. The van der Waals surface area contributed by atoms with Crippen molar-refractivity contribution in [3.05, 3.63) is 70.5 Å². The summed E-state index contributed by atoms with van der Waals surface area (Å²) in [6.45, 7) is 7.96. The third kappa shape index (κ3) is 4.43. The second-order valence-corrected chi connectivity index (χ2v) is 16.3. The van der Waals surface area contributed by atoms with Crippen LogP contribution < -0.4 is 0 Å². The third-order valence-electron chi connectivity index (χ3n) is 13.9. The van der Waals surface area contributed by atoms with Gasteiger partial charge in [0.15, 0.2) is 5.76 Å². The SMILES string of the molecule is C[C@]12CC[C@H]3[C@]4(C=C[C@@]5(C=C4C(=O)c4ccc(-c6cc(C(F)(F)F)ccc6Cl)o4)CC(O)CC[C@]35C)[C@@H]1CC[C@@]2(O)CN1CCOCC1. The van der Waals surface area contributed by atoms with Gasteiger partial charge in [-0.3, -0.25) is 9.69 Å². The number of β-amino-alcohol motifs (C(OH)–C–C–N with tert-alkyl or cyclic N) is 1. The lowest BCUT2D eigenvalue weighted by Gasteiger charge is -2.71. The van der Waals surface area contributed by atoms with Crippen LogP contribution in [0.1, 0.15) is 74.9 Å². The highest BCUT2D eigenvalue weighted by Gasteiger charge is 2.74. The molecule has 1 aliphatic heterocycles. The van der Waals surface area contributed by atoms with Crippen molar-refractivity contribution in [3.63, 3.8) is 0 Å². The number of ketones is 1. The number of alkyl halides is 3. The maximum absolute atomic E-state index is 14.9. The number of hydrogen-bond acceptors (Lipinski definition) is 6. The van der Waals surface area contributed by atoms with Crippen LogP contribution in [0.2, 0.25) is 5.02 Å². The second-order valence-electron chi connectivity index (χ2n) is 15.9. The van der Waals surface area contributed by atoms with Gasteiger partial charge in [-0.1, -0.05) is 43.7 Å². The molecule has 2 spiro atoms. The number of furan rings is 1. The van der Waals surface area contributed by atoms with E-state index in [0.29, 0.717) is 44.6 Å². The van der Waals surface area contributed by atoms with Crippen molar-refractivity contribution < 1.29 is 37.3 Å². The standard InChI is InChI=1S/C38H43ClF3NO5/c1-33-10-7-24(44)20-35(33)13-14-37(30(33)8-11-34(2)31(37)9-12-36(34,46)22-43-15-17-47-18-16-43)26(21-35)32(45)29-6-5-28(48-29)25-19-23(38(40,41)42)3-4-27(25)39/h3-6,13-14,19,21,24,30-31,44,46H,7-12,15-18,20,22H2,1-2H3/t24?,30-,31-,33-,34+,35+,36-,37-/m1/s1. The Morgan fingerprint density at radius 3 is 2.46 bits per heavy atom. The van der Waals surface area contributed by atoms with E-state index in [2.05, 4.69) is 37.0 Å². The number of rotatable bonds is 5. The van der Waals surface area contributed by atoms with E-state index < -0.39 is 39.7 Å². The molecule has 2 aromatic rings. The zero-order valence-electron chi connectivity index (χ0n) is 27.4. The molecule has 1 aromatic carbocycles. The predicted molar refractivity (Wildman–Crippen MR) is 174 cm³/mol. The number of fused-ring (bicyclic) bond motifs is 1. The number of morpholine rings is 1. The third-order valence-corrected chi connectivity index (χ3v) is 14.3. The Kier molecular flexibility index (Phi) is 7.36. The van der Waals surface area contributed by atoms with Gasteiger partial charge in [0, 0.05) is 47.0 Å². The summed E-state index contributed by atoms with van der Waals surface area (Å²) in [5, 5.41) is 23.6. The number of aliphatic hydroxyl groups is 2. The van der Waals surface area contributed by atoms with Crippen molar-refractivity contribution in [2.45, 2.75) is 76.7 Å². The number of allylic oxidation sites excluding steroid dienone is 4. The van der Waals surface area contributed by atoms with Crippen LogP contribution in [0.15, 0.2) is 58.6 Å². The molecule has 2 bridgehead atoms. The molecule has 2 heterocycles. The smallest absolute Gasteiger partial charge is 0.416 e. The second kappa shape index (κ2) is 10.8. The number of carbonyl (C=O) groups is 1. The minimum Gasteiger partial charge on any atom is -0.453 e. The highest BCUT2D eigenvalue weighted by atomic mass is 35.5. The molecule has 6 aliphatic carbocycles. The highest BCUT2D eigenvalue weighted by molar-refractivity contribution is 6.33. The molecule has 9 rings (SSSR count). The Morgan fingerprint density at radius 2 is 1.71 bits per heavy atom. The van der Waals surface area contributed by atoms with Gasteiger partial charge in [-0.25, -0.2) is 0 Å². The summed E-state index contributed by atoms with van der Waals surface area (Å²) in [7, 11) is 0. The van der Waals surface area contributed by atoms with Crippen LogP contribution in [0.25, 0.3) is 11.3 Å². The van der Waals surface area contributed by atoms with Crippen molar-refractivity contribution in [2.75, 3.05) is 32.8 Å². The van der Waals surface area contributed by atoms with Gasteiger partial charge in [-0.05, 0) is 92.5 Å². The molecule has 1 unspecified atom stereocenters. The first kappa shape index (κ1) is 32.8. The fourth-order valence-corrected chi connectivity index (χ4v) is 11.6. The van der Waals surface area contributed by atoms with Gasteiger partial charge >= 0.3 is 6.18 Å². The number of aliphatic hydroxyl groups excluding tert-OH is 1. The van der Waals surface area contributed by atoms with E-state index in [1.165, 1.54) is 18.2 Å². The summed E-state index contributed by atoms with van der Waals surface area (Å²) in [5.41, 5.74) is -2.93. The van der Waals surface area contributed by atoms with Gasteiger partial charge in [0.05, 0.1) is 35.5 Å². The van der Waals surface area contributed by atoms with Gasteiger partial charge in [0.25, 0.3) is 0 Å². The summed E-state index contributed by atoms with van der Waals surface area (Å²) in [4.78, 5) is 17.2. The monoisotopic (exact) mass is 685 g/mol. The fourth-order valence-electron chi connectivity index (χ4n) is 11.4. The lowest BCUT2D eigenvalue weighted by atomic mass is 9.32. The molecule has 0 amide bonds. The van der Waals surface area contributed by atoms with E-state index in [-0.39, 0.29) is 45.1 Å². The summed E-state index contributed by atoms with van der Waals surface area (Å²) in [5.74, 6) is -0.0701. The number of hydrogen-bond donors (Lipinski definition) is 2. The largest absolute Gasteiger partial charge is 0.453 e. The van der Waals surface area contributed by atoms with E-state index in [1.807, 2.05) is 0 Å². The molecule has 6 nitrogen and oxygen atoms in total. The summed E-state index contributed by atoms with van der Waals surface area (Å²) in [6.07, 6.45) is 6.70. The Hall–Kier alpha value is -2.43. The van der Waals surface area contributed by atoms with E-state index >= 15 is 0 Å². The Balaban J connectivity index is 1.22. The van der Waals surface area contributed by atoms with Crippen LogP contribution in [-0.4, -0.2) is 65.4 Å². The minimum atomic E-state index is -4.56. The Labute approximate surface area is 284 Å². The van der Waals surface area contributed by atoms with Crippen LogP contribution in [0.3, 0.4) is 0 Å². The molecule has 2 N–H and O–H groups in total. The molecule has 4 fully saturated rings. The van der Waals surface area contributed by atoms with Gasteiger partial charge in [0.1, 0.15) is 5.76 Å². The molecule has 0 radical (unpaired) electrons. The predicted octanol–water partition coefficient (Wildman–Crippen LogP) is 7.72. The lowest BCUT2D eigenvalue weighted by molar-refractivity contribution is -0.178. The zero-order chi connectivity index (χ0) is 33.9. The molecule has 258 valence electrons. The van der Waals surface area contributed by atoms with E-state index in [1.54, 1.807) is 0 Å². The van der Waals surface area contributed by atoms with E-state index in [0.717, 1.165) is 50.9 Å². The van der Waals surface area contributed by atoms with Crippen molar-refractivity contribution in [1.29, 1.82) is 0 Å². The van der Waals surface area contributed by atoms with Crippen LogP contribution in [0, 0.1) is 33.5 Å². The van der Waals surface area contributed by atoms with E-state index in [9.17, 15) is 28.2 Å². The molecule has 7 aliphatic rings. The maximum Gasteiger partial charge on any atom is 0.416 e. The average molecular weight is 686 g/mol. The van der Waals surface area contributed by atoms with Crippen molar-refractivity contribution >= 4 is 17.4 Å². The topological polar surface area (TPSA) is 83.1 Å². The van der Waals surface area contributed by atoms with Gasteiger partial charge in [-0.15, -0.1) is 0 Å². The molecule has 1 saturated heterocycles. The van der Waals surface area contributed by atoms with Crippen LogP contribution in [0.4, 0.5) is 13.2 Å². The van der Waals surface area contributed by atoms with Gasteiger partial charge in [0.2, 0.25) is 5.78 Å². The van der Waals surface area contributed by atoms with Crippen molar-refractivity contribution in [3.8, 4) is 11.3 Å². The van der Waals surface area contributed by atoms with Crippen molar-refractivity contribution in [2.24, 2.45) is 33.5 Å². The molecule has 10 heteroatoms. The quantitative estimate of drug-likeness (QED) is 0.248. The zero-order valence-corrected chi connectivity index (χ0v) is 28.2. The normalized spacial score (nSPS) is 40.7. The van der Waals surface area contributed by atoms with Crippen LogP contribution in [-0.2, 0) is 10.9 Å². The molecule has 3 saturated carbocycles. The lowest BCUT2D eigenvalue weighted by Crippen LogP contribution is -2.67. The fraction of sp³-hybridized carbons (Fsp3) is 0.605. The first-order valence-corrected chi connectivity index (χ1v) is 17.7. The maximum atomic E-state index is 14.9. The first-order chi connectivity index (χ1) is 22.7. The van der Waals surface area contributed by atoms with Crippen LogP contribution in [0.5, 0.6) is 0 Å². The minimum absolute atomic E-state index is 0.0180. The molecule has 8 atom stereocenters. The Bertz CT molecular complexity index is 1710. The molecular formula is C38H43ClF3NO5. The van der Waals surface area contributed by atoms with Gasteiger partial charge in [-0.2, -0.15) is 13.2 Å². The number of halogens is 4. The summed E-state index contributed by atoms with van der Waals surface area (Å²) >= 11 is 6.35. The molecule has 1 aromatic heterocycles. The highest BCUT2D eigenvalue weighted by Crippen LogP contribution is 2.78. The molecule has 48 heavy (non-hydrogen) atoms. The number of ether oxygens (including phenoxy) is 1. The first-order valence-electron chi connectivity index (χ1n) is 17.3. The number of benzene rings is 1.